The number of hydrogen-bond donors (Lipinski definition) is 1. The van der Waals surface area contributed by atoms with Crippen molar-refractivity contribution in [1.82, 2.24) is 5.32 Å². The quantitative estimate of drug-likeness (QED) is 0.543. The molecule has 1 aliphatic heterocycles. The molecule has 1 N–H and O–H groups in total. The second-order valence-corrected chi connectivity index (χ2v) is 9.46. The molecule has 33 heavy (non-hydrogen) atoms. The fourth-order valence-electron chi connectivity index (χ4n) is 4.98. The summed E-state index contributed by atoms with van der Waals surface area (Å²) in [6.45, 7) is 0.152. The van der Waals surface area contributed by atoms with Gasteiger partial charge in [0.25, 0.3) is 0 Å². The third-order valence-corrected chi connectivity index (χ3v) is 6.93. The van der Waals surface area contributed by atoms with Gasteiger partial charge in [0.15, 0.2) is 11.6 Å². The second kappa shape index (κ2) is 8.96. The van der Waals surface area contributed by atoms with Crippen LogP contribution in [0.15, 0.2) is 58.9 Å². The molecule has 0 aromatic heterocycles. The SMILES string of the molecule is O=C1CCCC2=C1C(c1cc(Cl)cc(Cl)c1OCc1ccc(F)cc1)C1=C(CCCC1=O)N2. The third kappa shape index (κ3) is 4.20. The van der Waals surface area contributed by atoms with E-state index in [4.69, 9.17) is 27.9 Å². The standard InChI is InChI=1S/C26H22Cl2FNO3/c27-15-11-17(26(18(28)12-15)33-13-14-7-9-16(29)10-8-14)23-24-19(3-1-5-21(24)31)30-20-4-2-6-22(32)25(20)23/h7-12,23,30H,1-6,13H2. The Morgan fingerprint density at radius 3 is 2.12 bits per heavy atom. The van der Waals surface area contributed by atoms with Crippen LogP contribution in [-0.2, 0) is 16.2 Å². The molecule has 2 aromatic rings. The molecular formula is C26H22Cl2FNO3. The summed E-state index contributed by atoms with van der Waals surface area (Å²) >= 11 is 13.0. The van der Waals surface area contributed by atoms with Gasteiger partial charge < -0.3 is 10.1 Å². The van der Waals surface area contributed by atoms with Gasteiger partial charge in [-0.2, -0.15) is 0 Å². The summed E-state index contributed by atoms with van der Waals surface area (Å²) in [4.78, 5) is 26.2. The van der Waals surface area contributed by atoms with Crippen molar-refractivity contribution >= 4 is 34.8 Å². The zero-order chi connectivity index (χ0) is 23.1. The lowest BCUT2D eigenvalue weighted by molar-refractivity contribution is -0.116. The highest BCUT2D eigenvalue weighted by atomic mass is 35.5. The molecule has 0 spiro atoms. The molecule has 0 saturated heterocycles. The van der Waals surface area contributed by atoms with E-state index in [9.17, 15) is 14.0 Å². The average Bonchev–Trinajstić information content (AvgIpc) is 2.78. The van der Waals surface area contributed by atoms with Crippen LogP contribution in [-0.4, -0.2) is 11.6 Å². The Morgan fingerprint density at radius 2 is 1.52 bits per heavy atom. The lowest BCUT2D eigenvalue weighted by Gasteiger charge is -2.37. The van der Waals surface area contributed by atoms with Gasteiger partial charge in [0.1, 0.15) is 18.2 Å². The number of carbonyl (C=O) groups is 2. The van der Waals surface area contributed by atoms with Crippen LogP contribution in [0.4, 0.5) is 4.39 Å². The molecule has 170 valence electrons. The van der Waals surface area contributed by atoms with E-state index in [1.165, 1.54) is 12.1 Å². The Morgan fingerprint density at radius 1 is 0.909 bits per heavy atom. The third-order valence-electron chi connectivity index (χ3n) is 6.44. The summed E-state index contributed by atoms with van der Waals surface area (Å²) in [6, 6.07) is 9.34. The predicted octanol–water partition coefficient (Wildman–Crippen LogP) is 6.41. The van der Waals surface area contributed by atoms with Crippen molar-refractivity contribution in [2.45, 2.75) is 51.0 Å². The van der Waals surface area contributed by atoms with Crippen molar-refractivity contribution in [3.63, 3.8) is 0 Å². The Bertz CT molecular complexity index is 1170. The molecule has 0 unspecified atom stereocenters. The first-order chi connectivity index (χ1) is 15.9. The van der Waals surface area contributed by atoms with Crippen molar-refractivity contribution < 1.29 is 18.7 Å². The maximum atomic E-state index is 13.3. The summed E-state index contributed by atoms with van der Waals surface area (Å²) in [6.07, 6.45) is 3.93. The van der Waals surface area contributed by atoms with Crippen LogP contribution in [0.2, 0.25) is 10.0 Å². The van der Waals surface area contributed by atoms with Gasteiger partial charge in [0, 0.05) is 51.9 Å². The molecule has 1 heterocycles. The topological polar surface area (TPSA) is 55.4 Å². The molecule has 2 aliphatic carbocycles. The average molecular weight is 486 g/mol. The van der Waals surface area contributed by atoms with Gasteiger partial charge in [-0.3, -0.25) is 9.59 Å². The van der Waals surface area contributed by atoms with E-state index in [1.807, 2.05) is 0 Å². The molecule has 0 fully saturated rings. The van der Waals surface area contributed by atoms with Gasteiger partial charge in [-0.05, 0) is 55.5 Å². The van der Waals surface area contributed by atoms with Crippen LogP contribution in [0, 0.1) is 5.82 Å². The minimum absolute atomic E-state index is 0.0271. The van der Waals surface area contributed by atoms with Crippen molar-refractivity contribution in [3.05, 3.63) is 85.9 Å². The van der Waals surface area contributed by atoms with Crippen LogP contribution in [0.25, 0.3) is 0 Å². The Labute approximate surface area is 201 Å². The maximum Gasteiger partial charge on any atom is 0.161 e. The number of allylic oxidation sites excluding steroid dienone is 4. The molecule has 4 nitrogen and oxygen atoms in total. The van der Waals surface area contributed by atoms with Gasteiger partial charge in [-0.1, -0.05) is 35.3 Å². The zero-order valence-electron chi connectivity index (χ0n) is 17.8. The normalized spacial score (nSPS) is 18.8. The maximum absolute atomic E-state index is 13.3. The first-order valence-electron chi connectivity index (χ1n) is 11.1. The number of halogens is 3. The highest BCUT2D eigenvalue weighted by molar-refractivity contribution is 6.35. The van der Waals surface area contributed by atoms with Crippen LogP contribution in [0.1, 0.15) is 55.6 Å². The summed E-state index contributed by atoms with van der Waals surface area (Å²) in [5.74, 6) is -0.466. The largest absolute Gasteiger partial charge is 0.487 e. The zero-order valence-corrected chi connectivity index (χ0v) is 19.4. The lowest BCUT2D eigenvalue weighted by atomic mass is 9.71. The van der Waals surface area contributed by atoms with E-state index in [0.29, 0.717) is 45.3 Å². The number of dihydropyridines is 1. The van der Waals surface area contributed by atoms with Gasteiger partial charge in [0.2, 0.25) is 0 Å². The van der Waals surface area contributed by atoms with Crippen molar-refractivity contribution in [2.75, 3.05) is 0 Å². The van der Waals surface area contributed by atoms with E-state index in [1.54, 1.807) is 24.3 Å². The molecule has 3 aliphatic rings. The Hall–Kier alpha value is -2.63. The van der Waals surface area contributed by atoms with E-state index in [-0.39, 0.29) is 24.0 Å². The smallest absolute Gasteiger partial charge is 0.161 e. The van der Waals surface area contributed by atoms with Crippen LogP contribution in [0.5, 0.6) is 5.75 Å². The highest BCUT2D eigenvalue weighted by Crippen LogP contribution is 2.49. The lowest BCUT2D eigenvalue weighted by Crippen LogP contribution is -2.36. The van der Waals surface area contributed by atoms with Gasteiger partial charge in [0.05, 0.1) is 5.02 Å². The Balaban J connectivity index is 1.63. The molecule has 2 aromatic carbocycles. The van der Waals surface area contributed by atoms with Gasteiger partial charge >= 0.3 is 0 Å². The highest BCUT2D eigenvalue weighted by Gasteiger charge is 2.41. The molecule has 0 saturated carbocycles. The first kappa shape index (κ1) is 22.2. The van der Waals surface area contributed by atoms with E-state index in [0.717, 1.165) is 42.6 Å². The number of benzene rings is 2. The van der Waals surface area contributed by atoms with Gasteiger partial charge in [-0.15, -0.1) is 0 Å². The van der Waals surface area contributed by atoms with Crippen molar-refractivity contribution in [3.8, 4) is 5.75 Å². The fraction of sp³-hybridized carbons (Fsp3) is 0.308. The van der Waals surface area contributed by atoms with Crippen LogP contribution >= 0.6 is 23.2 Å². The summed E-state index contributed by atoms with van der Waals surface area (Å²) in [7, 11) is 0. The minimum atomic E-state index is -0.573. The Kier molecular flexibility index (Phi) is 6.02. The second-order valence-electron chi connectivity index (χ2n) is 8.62. The number of ether oxygens (including phenoxy) is 1. The first-order valence-corrected chi connectivity index (χ1v) is 11.8. The number of Topliss-reactive ketones (excluding diaryl/α,β-unsaturated/α-hetero) is 2. The number of hydrogen-bond acceptors (Lipinski definition) is 4. The summed E-state index contributed by atoms with van der Waals surface area (Å²) in [5.41, 5.74) is 4.36. The molecule has 0 radical (unpaired) electrons. The van der Waals surface area contributed by atoms with Crippen LogP contribution in [0.3, 0.4) is 0 Å². The van der Waals surface area contributed by atoms with Crippen molar-refractivity contribution in [1.29, 1.82) is 0 Å². The molecule has 7 heteroatoms. The molecule has 0 amide bonds. The molecule has 0 atom stereocenters. The van der Waals surface area contributed by atoms with E-state index < -0.39 is 5.92 Å². The number of nitrogens with one attached hydrogen (secondary N) is 1. The number of carbonyl (C=O) groups excluding carboxylic acids is 2. The van der Waals surface area contributed by atoms with E-state index in [2.05, 4.69) is 5.32 Å². The summed E-state index contributed by atoms with van der Waals surface area (Å²) < 4.78 is 19.4. The number of rotatable bonds is 4. The number of ketones is 2. The van der Waals surface area contributed by atoms with E-state index >= 15 is 0 Å². The van der Waals surface area contributed by atoms with Crippen LogP contribution < -0.4 is 10.1 Å². The molecular weight excluding hydrogens is 464 g/mol. The molecule has 0 bridgehead atoms. The monoisotopic (exact) mass is 485 g/mol. The fourth-order valence-corrected chi connectivity index (χ4v) is 5.54. The summed E-state index contributed by atoms with van der Waals surface area (Å²) in [5, 5.41) is 4.11. The molecule has 5 rings (SSSR count). The van der Waals surface area contributed by atoms with Crippen molar-refractivity contribution in [2.24, 2.45) is 0 Å². The van der Waals surface area contributed by atoms with Gasteiger partial charge in [-0.25, -0.2) is 4.39 Å². The predicted molar refractivity (Wildman–Crippen MR) is 125 cm³/mol. The minimum Gasteiger partial charge on any atom is -0.487 e.